The number of hydrogen-bond acceptors (Lipinski definition) is 5. The first-order chi connectivity index (χ1) is 8.13. The lowest BCUT2D eigenvalue weighted by atomic mass is 10.0. The minimum Gasteiger partial charge on any atom is -0.466 e. The molecule has 5 nitrogen and oxygen atoms in total. The molecule has 0 amide bonds. The van der Waals surface area contributed by atoms with Gasteiger partial charge in [-0.2, -0.15) is 0 Å². The Morgan fingerprint density at radius 1 is 0.882 bits per heavy atom. The van der Waals surface area contributed by atoms with E-state index in [0.29, 0.717) is 26.4 Å². The highest BCUT2D eigenvalue weighted by atomic mass is 16.5. The van der Waals surface area contributed by atoms with Crippen molar-refractivity contribution in [1.29, 1.82) is 0 Å². The number of rotatable bonds is 9. The summed E-state index contributed by atoms with van der Waals surface area (Å²) in [6, 6.07) is 0. The predicted molar refractivity (Wildman–Crippen MR) is 62.5 cm³/mol. The van der Waals surface area contributed by atoms with Gasteiger partial charge in [-0.25, -0.2) is 0 Å². The third-order valence-electron chi connectivity index (χ3n) is 2.08. The molecule has 0 fully saturated rings. The molecule has 0 aromatic rings. The Balaban J connectivity index is 4.12. The van der Waals surface area contributed by atoms with Crippen molar-refractivity contribution in [2.24, 2.45) is 5.92 Å². The molecule has 17 heavy (non-hydrogen) atoms. The number of esters is 2. The highest BCUT2D eigenvalue weighted by Gasteiger charge is 2.19. The summed E-state index contributed by atoms with van der Waals surface area (Å²) in [7, 11) is 0. The molecule has 5 heteroatoms. The third kappa shape index (κ3) is 8.68. The molecule has 0 bridgehead atoms. The Morgan fingerprint density at radius 3 is 1.71 bits per heavy atom. The van der Waals surface area contributed by atoms with Crippen LogP contribution in [0.15, 0.2) is 0 Å². The van der Waals surface area contributed by atoms with Crippen molar-refractivity contribution < 1.29 is 23.8 Å². The molecule has 0 N–H and O–H groups in total. The zero-order valence-electron chi connectivity index (χ0n) is 10.9. The maximum atomic E-state index is 11.3. The molecular weight excluding hydrogens is 224 g/mol. The zero-order valence-corrected chi connectivity index (χ0v) is 10.9. The second-order valence-electron chi connectivity index (χ2n) is 3.54. The first-order valence-electron chi connectivity index (χ1n) is 6.02. The van der Waals surface area contributed by atoms with Crippen LogP contribution in [0.3, 0.4) is 0 Å². The highest BCUT2D eigenvalue weighted by Crippen LogP contribution is 2.12. The molecule has 0 rings (SSSR count). The number of ether oxygens (including phenoxy) is 3. The van der Waals surface area contributed by atoms with E-state index in [1.54, 1.807) is 13.8 Å². The Hall–Kier alpha value is -1.10. The highest BCUT2D eigenvalue weighted by molar-refractivity contribution is 5.73. The van der Waals surface area contributed by atoms with E-state index in [4.69, 9.17) is 14.2 Å². The summed E-state index contributed by atoms with van der Waals surface area (Å²) < 4.78 is 14.9. The predicted octanol–water partition coefficient (Wildman–Crippen LogP) is 1.55. The summed E-state index contributed by atoms with van der Waals surface area (Å²) in [5.74, 6) is -0.781. The van der Waals surface area contributed by atoms with E-state index < -0.39 is 0 Å². The van der Waals surface area contributed by atoms with Gasteiger partial charge in [0.1, 0.15) is 0 Å². The fourth-order valence-corrected chi connectivity index (χ4v) is 1.39. The van der Waals surface area contributed by atoms with Crippen LogP contribution in [0.5, 0.6) is 0 Å². The molecule has 0 spiro atoms. The Kier molecular flexibility index (Phi) is 9.43. The van der Waals surface area contributed by atoms with Crippen LogP contribution >= 0.6 is 0 Å². The number of hydrogen-bond donors (Lipinski definition) is 0. The van der Waals surface area contributed by atoms with E-state index >= 15 is 0 Å². The van der Waals surface area contributed by atoms with Crippen LogP contribution in [0.1, 0.15) is 33.6 Å². The molecule has 0 heterocycles. The number of carbonyl (C=O) groups excluding carboxylic acids is 2. The van der Waals surface area contributed by atoms with Crippen LogP contribution in [0.4, 0.5) is 0 Å². The van der Waals surface area contributed by atoms with Gasteiger partial charge in [0.25, 0.3) is 0 Å². The lowest BCUT2D eigenvalue weighted by Gasteiger charge is -2.14. The van der Waals surface area contributed by atoms with Gasteiger partial charge < -0.3 is 14.2 Å². The summed E-state index contributed by atoms with van der Waals surface area (Å²) in [4.78, 5) is 22.7. The van der Waals surface area contributed by atoms with Gasteiger partial charge in [-0.05, 0) is 20.8 Å². The molecule has 0 unspecified atom stereocenters. The van der Waals surface area contributed by atoms with Crippen LogP contribution in [-0.4, -0.2) is 38.4 Å². The summed E-state index contributed by atoms with van der Waals surface area (Å²) in [6.45, 7) is 6.99. The quantitative estimate of drug-likeness (QED) is 0.577. The van der Waals surface area contributed by atoms with Crippen LogP contribution in [0.25, 0.3) is 0 Å². The molecule has 100 valence electrons. The fraction of sp³-hybridized carbons (Fsp3) is 0.833. The van der Waals surface area contributed by atoms with Gasteiger partial charge in [0.2, 0.25) is 0 Å². The summed E-state index contributed by atoms with van der Waals surface area (Å²) in [6.07, 6.45) is 0.374. The van der Waals surface area contributed by atoms with E-state index in [1.165, 1.54) is 0 Å². The second kappa shape index (κ2) is 10.1. The lowest BCUT2D eigenvalue weighted by molar-refractivity contribution is -0.147. The maximum Gasteiger partial charge on any atom is 0.306 e. The standard InChI is InChI=1S/C12H22O5/c1-4-15-9-10(7-11(13)16-5-2)8-12(14)17-6-3/h10H,4-9H2,1-3H3. The van der Waals surface area contributed by atoms with Gasteiger partial charge in [0.05, 0.1) is 32.7 Å². The second-order valence-corrected chi connectivity index (χ2v) is 3.54. The van der Waals surface area contributed by atoms with E-state index in [1.807, 2.05) is 6.92 Å². The summed E-state index contributed by atoms with van der Waals surface area (Å²) in [5.41, 5.74) is 0. The van der Waals surface area contributed by atoms with E-state index in [0.717, 1.165) is 0 Å². The van der Waals surface area contributed by atoms with Crippen molar-refractivity contribution >= 4 is 11.9 Å². The Labute approximate surface area is 102 Å². The molecule has 0 atom stereocenters. The minimum absolute atomic E-state index is 0.173. The third-order valence-corrected chi connectivity index (χ3v) is 2.08. The molecule has 0 aromatic heterocycles. The van der Waals surface area contributed by atoms with E-state index in [2.05, 4.69) is 0 Å². The van der Waals surface area contributed by atoms with Gasteiger partial charge >= 0.3 is 11.9 Å². The van der Waals surface area contributed by atoms with Crippen molar-refractivity contribution in [3.63, 3.8) is 0 Å². The smallest absolute Gasteiger partial charge is 0.306 e. The fourth-order valence-electron chi connectivity index (χ4n) is 1.39. The molecule has 0 aromatic carbocycles. The van der Waals surface area contributed by atoms with Crippen LogP contribution < -0.4 is 0 Å². The Bertz CT molecular complexity index is 207. The van der Waals surface area contributed by atoms with Crippen molar-refractivity contribution in [2.45, 2.75) is 33.6 Å². The topological polar surface area (TPSA) is 61.8 Å². The van der Waals surface area contributed by atoms with Crippen molar-refractivity contribution in [2.75, 3.05) is 26.4 Å². The van der Waals surface area contributed by atoms with Crippen molar-refractivity contribution in [1.82, 2.24) is 0 Å². The number of carbonyl (C=O) groups is 2. The summed E-state index contributed by atoms with van der Waals surface area (Å²) >= 11 is 0. The first kappa shape index (κ1) is 15.9. The Morgan fingerprint density at radius 2 is 1.35 bits per heavy atom. The van der Waals surface area contributed by atoms with E-state index in [-0.39, 0.29) is 30.7 Å². The lowest BCUT2D eigenvalue weighted by Crippen LogP contribution is -2.21. The van der Waals surface area contributed by atoms with Crippen molar-refractivity contribution in [3.05, 3.63) is 0 Å². The molecule has 0 aliphatic rings. The van der Waals surface area contributed by atoms with Crippen LogP contribution in [0, 0.1) is 5.92 Å². The van der Waals surface area contributed by atoms with Gasteiger partial charge in [-0.1, -0.05) is 0 Å². The SMILES string of the molecule is CCOCC(CC(=O)OCC)CC(=O)OCC. The van der Waals surface area contributed by atoms with Gasteiger partial charge in [-0.15, -0.1) is 0 Å². The largest absolute Gasteiger partial charge is 0.466 e. The zero-order chi connectivity index (χ0) is 13.1. The molecule has 0 aliphatic heterocycles. The molecule has 0 saturated carbocycles. The van der Waals surface area contributed by atoms with Crippen molar-refractivity contribution in [3.8, 4) is 0 Å². The molecule has 0 saturated heterocycles. The molecule has 0 radical (unpaired) electrons. The van der Waals surface area contributed by atoms with E-state index in [9.17, 15) is 9.59 Å². The van der Waals surface area contributed by atoms with Gasteiger partial charge in [0.15, 0.2) is 0 Å². The molecule has 0 aliphatic carbocycles. The summed E-state index contributed by atoms with van der Waals surface area (Å²) in [5, 5.41) is 0. The first-order valence-corrected chi connectivity index (χ1v) is 6.02. The minimum atomic E-state index is -0.304. The van der Waals surface area contributed by atoms with Crippen LogP contribution in [0.2, 0.25) is 0 Å². The van der Waals surface area contributed by atoms with Gasteiger partial charge in [-0.3, -0.25) is 9.59 Å². The average Bonchev–Trinajstić information content (AvgIpc) is 2.26. The van der Waals surface area contributed by atoms with Crippen LogP contribution in [-0.2, 0) is 23.8 Å². The maximum absolute atomic E-state index is 11.3. The normalized spacial score (nSPS) is 10.4. The monoisotopic (exact) mass is 246 g/mol. The molecular formula is C12H22O5. The van der Waals surface area contributed by atoms with Gasteiger partial charge in [0, 0.05) is 12.5 Å². The average molecular weight is 246 g/mol.